The van der Waals surface area contributed by atoms with Crippen LogP contribution in [0.2, 0.25) is 0 Å². The fourth-order valence-electron chi connectivity index (χ4n) is 2.33. The summed E-state index contributed by atoms with van der Waals surface area (Å²) in [6.45, 7) is 3.62. The summed E-state index contributed by atoms with van der Waals surface area (Å²) in [6.07, 6.45) is 3.56. The highest BCUT2D eigenvalue weighted by molar-refractivity contribution is 9.10. The minimum absolute atomic E-state index is 0.458. The molecular weight excluding hydrogens is 370 g/mol. The van der Waals surface area contributed by atoms with Gasteiger partial charge in [-0.25, -0.2) is 0 Å². The van der Waals surface area contributed by atoms with E-state index >= 15 is 0 Å². The van der Waals surface area contributed by atoms with Gasteiger partial charge in [-0.05, 0) is 34.1 Å². The Balaban J connectivity index is 2.01. The molecule has 2 aromatic rings. The Morgan fingerprint density at radius 3 is 2.75 bits per heavy atom. The molecule has 130 valence electrons. The molecule has 1 heterocycles. The Kier molecular flexibility index (Phi) is 7.49. The number of methoxy groups -OCH3 is 1. The lowest BCUT2D eigenvalue weighted by Crippen LogP contribution is -3.09. The number of nitrogens with two attached hydrogens (primary N) is 1. The molecule has 3 N–H and O–H groups in total. The molecule has 0 saturated heterocycles. The molecule has 0 spiro atoms. The Hall–Kier alpha value is -1.63. The molecule has 0 aliphatic rings. The molecule has 0 saturated carbocycles. The van der Waals surface area contributed by atoms with Gasteiger partial charge in [0.2, 0.25) is 0 Å². The van der Waals surface area contributed by atoms with Crippen LogP contribution in [0.25, 0.3) is 0 Å². The number of rotatable bonds is 9. The molecule has 0 radical (unpaired) electrons. The topological polar surface area (TPSA) is 52.4 Å². The summed E-state index contributed by atoms with van der Waals surface area (Å²) in [5.74, 6) is 1.47. The number of benzene rings is 1. The van der Waals surface area contributed by atoms with Crippen molar-refractivity contribution in [2.75, 3.05) is 34.3 Å². The third kappa shape index (κ3) is 5.78. The number of pyridine rings is 1. The van der Waals surface area contributed by atoms with Gasteiger partial charge in [0.1, 0.15) is 26.2 Å². The Labute approximate surface area is 152 Å². The predicted octanol–water partition coefficient (Wildman–Crippen LogP) is 0.640. The summed E-state index contributed by atoms with van der Waals surface area (Å²) in [4.78, 5) is 5.56. The number of nitrogens with zero attached hydrogens (tertiary/aromatic N) is 1. The highest BCUT2D eigenvalue weighted by Gasteiger charge is 2.13. The van der Waals surface area contributed by atoms with Crippen LogP contribution in [-0.2, 0) is 13.2 Å². The molecule has 1 aromatic heterocycles. The van der Waals surface area contributed by atoms with Gasteiger partial charge in [-0.1, -0.05) is 6.07 Å². The van der Waals surface area contributed by atoms with E-state index in [2.05, 4.69) is 46.4 Å². The van der Waals surface area contributed by atoms with Gasteiger partial charge in [0, 0.05) is 23.5 Å². The molecule has 24 heavy (non-hydrogen) atoms. The van der Waals surface area contributed by atoms with Gasteiger partial charge < -0.3 is 19.7 Å². The van der Waals surface area contributed by atoms with Gasteiger partial charge in [0.05, 0.1) is 25.7 Å². The third-order valence-electron chi connectivity index (χ3n) is 3.62. The summed E-state index contributed by atoms with van der Waals surface area (Å²) in [5.41, 5.74) is 2.23. The number of likely N-dealkylation sites (N-methyl/N-ethyl adjacent to an activating group) is 1. The average Bonchev–Trinajstić information content (AvgIpc) is 2.58. The zero-order valence-electron chi connectivity index (χ0n) is 14.5. The van der Waals surface area contributed by atoms with Gasteiger partial charge in [0.25, 0.3) is 0 Å². The minimum atomic E-state index is 0.458. The van der Waals surface area contributed by atoms with Crippen LogP contribution in [0.4, 0.5) is 0 Å². The second-order valence-electron chi connectivity index (χ2n) is 6.00. The number of hydrogen-bond donors (Lipinski definition) is 2. The largest absolute Gasteiger partial charge is 0.493 e. The number of aromatic nitrogens is 1. The number of ether oxygens (including phenoxy) is 2. The van der Waals surface area contributed by atoms with Crippen LogP contribution in [0.1, 0.15) is 11.1 Å². The van der Waals surface area contributed by atoms with Crippen LogP contribution >= 0.6 is 15.9 Å². The van der Waals surface area contributed by atoms with Crippen molar-refractivity contribution < 1.29 is 19.7 Å². The molecule has 0 amide bonds. The maximum absolute atomic E-state index is 5.93. The van der Waals surface area contributed by atoms with E-state index in [1.807, 2.05) is 18.2 Å². The summed E-state index contributed by atoms with van der Waals surface area (Å²) >= 11 is 3.61. The third-order valence-corrected chi connectivity index (χ3v) is 4.21. The van der Waals surface area contributed by atoms with E-state index in [0.717, 1.165) is 41.2 Å². The highest BCUT2D eigenvalue weighted by atomic mass is 79.9. The van der Waals surface area contributed by atoms with E-state index in [0.29, 0.717) is 6.61 Å². The molecule has 0 aliphatic carbocycles. The van der Waals surface area contributed by atoms with Gasteiger partial charge in [-0.15, -0.1) is 0 Å². The van der Waals surface area contributed by atoms with Crippen LogP contribution in [-0.4, -0.2) is 39.3 Å². The molecule has 2 rings (SSSR count). The zero-order chi connectivity index (χ0) is 17.4. The standard InChI is InChI=1S/C18H24BrN3O2/c1-22(2)8-7-21-12-15-9-16(19)18(17(10-15)23-3)24-13-14-5-4-6-20-11-14/h4-6,9-11,21H,7-8,12-13H2,1-3H3/p+2. The van der Waals surface area contributed by atoms with Gasteiger partial charge in [0.15, 0.2) is 11.5 Å². The molecular formula is C18H26BrN3O2+2. The molecule has 0 atom stereocenters. The van der Waals surface area contributed by atoms with Crippen molar-refractivity contribution in [2.45, 2.75) is 13.2 Å². The van der Waals surface area contributed by atoms with E-state index < -0.39 is 0 Å². The summed E-state index contributed by atoms with van der Waals surface area (Å²) in [5, 5.41) is 2.31. The first-order chi connectivity index (χ1) is 11.6. The van der Waals surface area contributed by atoms with Crippen molar-refractivity contribution in [3.8, 4) is 11.5 Å². The normalized spacial score (nSPS) is 10.9. The molecule has 0 fully saturated rings. The van der Waals surface area contributed by atoms with E-state index in [4.69, 9.17) is 9.47 Å². The lowest BCUT2D eigenvalue weighted by atomic mass is 10.2. The lowest BCUT2D eigenvalue weighted by molar-refractivity contribution is -0.875. The molecule has 1 aromatic carbocycles. The molecule has 5 nitrogen and oxygen atoms in total. The quantitative estimate of drug-likeness (QED) is 0.612. The predicted molar refractivity (Wildman–Crippen MR) is 97.4 cm³/mol. The van der Waals surface area contributed by atoms with Crippen molar-refractivity contribution >= 4 is 15.9 Å². The van der Waals surface area contributed by atoms with Gasteiger partial charge in [-0.3, -0.25) is 4.98 Å². The monoisotopic (exact) mass is 395 g/mol. The second kappa shape index (κ2) is 9.61. The van der Waals surface area contributed by atoms with Gasteiger partial charge in [-0.2, -0.15) is 0 Å². The summed E-state index contributed by atoms with van der Waals surface area (Å²) in [6, 6.07) is 8.03. The average molecular weight is 396 g/mol. The molecule has 0 bridgehead atoms. The van der Waals surface area contributed by atoms with Crippen LogP contribution in [0.3, 0.4) is 0 Å². The maximum atomic E-state index is 5.93. The maximum Gasteiger partial charge on any atom is 0.175 e. The lowest BCUT2D eigenvalue weighted by Gasteiger charge is -2.14. The smallest absolute Gasteiger partial charge is 0.175 e. The molecule has 0 aliphatic heterocycles. The molecule has 6 heteroatoms. The summed E-state index contributed by atoms with van der Waals surface area (Å²) in [7, 11) is 6.01. The minimum Gasteiger partial charge on any atom is -0.493 e. The molecule has 0 unspecified atom stereocenters. The highest BCUT2D eigenvalue weighted by Crippen LogP contribution is 2.37. The van der Waals surface area contributed by atoms with E-state index in [1.165, 1.54) is 10.5 Å². The Morgan fingerprint density at radius 2 is 2.08 bits per heavy atom. The Bertz CT molecular complexity index is 636. The number of halogens is 1. The van der Waals surface area contributed by atoms with Crippen molar-refractivity contribution in [3.05, 3.63) is 52.3 Å². The van der Waals surface area contributed by atoms with Crippen LogP contribution < -0.4 is 19.7 Å². The van der Waals surface area contributed by atoms with Crippen LogP contribution in [0.5, 0.6) is 11.5 Å². The number of quaternary nitrogens is 2. The number of hydrogen-bond acceptors (Lipinski definition) is 3. The van der Waals surface area contributed by atoms with Crippen LogP contribution in [0, 0.1) is 0 Å². The zero-order valence-corrected chi connectivity index (χ0v) is 16.1. The first kappa shape index (κ1) is 18.7. The second-order valence-corrected chi connectivity index (χ2v) is 6.85. The fourth-order valence-corrected chi connectivity index (χ4v) is 2.93. The number of nitrogens with one attached hydrogen (secondary N) is 1. The van der Waals surface area contributed by atoms with Crippen molar-refractivity contribution in [1.29, 1.82) is 0 Å². The van der Waals surface area contributed by atoms with Crippen molar-refractivity contribution in [3.63, 3.8) is 0 Å². The van der Waals surface area contributed by atoms with E-state index in [9.17, 15) is 0 Å². The van der Waals surface area contributed by atoms with Crippen molar-refractivity contribution in [2.24, 2.45) is 0 Å². The first-order valence-corrected chi connectivity index (χ1v) is 8.88. The van der Waals surface area contributed by atoms with Crippen molar-refractivity contribution in [1.82, 2.24) is 4.98 Å². The summed E-state index contributed by atoms with van der Waals surface area (Å²) < 4.78 is 12.4. The fraction of sp³-hybridized carbons (Fsp3) is 0.389. The van der Waals surface area contributed by atoms with Gasteiger partial charge >= 0.3 is 0 Å². The van der Waals surface area contributed by atoms with E-state index in [1.54, 1.807) is 19.5 Å². The first-order valence-electron chi connectivity index (χ1n) is 8.09. The Morgan fingerprint density at radius 1 is 1.25 bits per heavy atom. The SMILES string of the molecule is COc1cc(C[NH2+]CC[NH+](C)C)cc(Br)c1OCc1cccnc1. The van der Waals surface area contributed by atoms with E-state index in [-0.39, 0.29) is 0 Å². The van der Waals surface area contributed by atoms with Crippen LogP contribution in [0.15, 0.2) is 41.1 Å².